The molecular weight excluding hydrogens is 424 g/mol. The first-order valence-electron chi connectivity index (χ1n) is 10.3. The molecular formula is C23H24N6O2S. The molecule has 0 aliphatic heterocycles. The SMILES string of the molecule is CC(=O)NCCc1ccc(-c2csc(NC(=O)c3cnc4c(cnn4C(C)C)c3)n2)cc1. The highest BCUT2D eigenvalue weighted by Gasteiger charge is 2.14. The number of benzene rings is 1. The summed E-state index contributed by atoms with van der Waals surface area (Å²) in [5.74, 6) is -0.286. The van der Waals surface area contributed by atoms with E-state index in [2.05, 4.69) is 25.7 Å². The quantitative estimate of drug-likeness (QED) is 0.444. The zero-order valence-electron chi connectivity index (χ0n) is 18.1. The maximum absolute atomic E-state index is 12.7. The number of nitrogens with one attached hydrogen (secondary N) is 2. The minimum absolute atomic E-state index is 0.0278. The van der Waals surface area contributed by atoms with Crippen molar-refractivity contribution in [1.82, 2.24) is 25.1 Å². The summed E-state index contributed by atoms with van der Waals surface area (Å²) < 4.78 is 1.83. The van der Waals surface area contributed by atoms with Crippen molar-refractivity contribution in [1.29, 1.82) is 0 Å². The second-order valence-electron chi connectivity index (χ2n) is 7.74. The molecule has 4 aromatic rings. The third kappa shape index (κ3) is 4.83. The minimum atomic E-state index is -0.258. The molecule has 0 unspecified atom stereocenters. The van der Waals surface area contributed by atoms with Crippen LogP contribution < -0.4 is 10.6 Å². The number of anilines is 1. The van der Waals surface area contributed by atoms with E-state index in [1.54, 1.807) is 18.5 Å². The summed E-state index contributed by atoms with van der Waals surface area (Å²) in [6, 6.07) is 10.0. The van der Waals surface area contributed by atoms with Crippen molar-refractivity contribution in [3.63, 3.8) is 0 Å². The van der Waals surface area contributed by atoms with Crippen molar-refractivity contribution < 1.29 is 9.59 Å². The Hall–Kier alpha value is -3.59. The minimum Gasteiger partial charge on any atom is -0.356 e. The molecule has 0 saturated heterocycles. The van der Waals surface area contributed by atoms with Crippen LogP contribution >= 0.6 is 11.3 Å². The molecule has 1 aromatic carbocycles. The number of hydrogen-bond acceptors (Lipinski definition) is 6. The van der Waals surface area contributed by atoms with Crippen LogP contribution in [0, 0.1) is 0 Å². The maximum Gasteiger partial charge on any atom is 0.259 e. The summed E-state index contributed by atoms with van der Waals surface area (Å²) in [6.45, 7) is 6.19. The largest absolute Gasteiger partial charge is 0.356 e. The number of nitrogens with zero attached hydrogens (tertiary/aromatic N) is 4. The molecule has 2 N–H and O–H groups in total. The number of aromatic nitrogens is 4. The Morgan fingerprint density at radius 3 is 2.66 bits per heavy atom. The first kappa shape index (κ1) is 21.6. The molecule has 0 radical (unpaired) electrons. The van der Waals surface area contributed by atoms with Crippen molar-refractivity contribution in [2.75, 3.05) is 11.9 Å². The van der Waals surface area contributed by atoms with Gasteiger partial charge in [-0.15, -0.1) is 11.3 Å². The van der Waals surface area contributed by atoms with E-state index in [0.717, 1.165) is 34.3 Å². The zero-order valence-corrected chi connectivity index (χ0v) is 18.9. The number of carbonyl (C=O) groups excluding carboxylic acids is 2. The standard InChI is InChI=1S/C23H24N6O2S/c1-14(2)29-21-18(12-26-29)10-19(11-25-21)22(31)28-23-27-20(13-32-23)17-6-4-16(5-7-17)8-9-24-15(3)30/h4-7,10-14H,8-9H2,1-3H3,(H,24,30)(H,27,28,31). The van der Waals surface area contributed by atoms with Gasteiger partial charge in [0.1, 0.15) is 0 Å². The third-order valence-corrected chi connectivity index (χ3v) is 5.70. The average Bonchev–Trinajstić information content (AvgIpc) is 3.40. The van der Waals surface area contributed by atoms with Gasteiger partial charge in [-0.3, -0.25) is 14.9 Å². The molecule has 3 aromatic heterocycles. The highest BCUT2D eigenvalue weighted by Crippen LogP contribution is 2.26. The van der Waals surface area contributed by atoms with Crippen LogP contribution in [0.2, 0.25) is 0 Å². The number of pyridine rings is 1. The van der Waals surface area contributed by atoms with Crippen molar-refractivity contribution in [3.8, 4) is 11.3 Å². The molecule has 3 heterocycles. The number of carbonyl (C=O) groups is 2. The molecule has 0 saturated carbocycles. The van der Waals surface area contributed by atoms with Crippen LogP contribution in [0.1, 0.15) is 42.7 Å². The smallest absolute Gasteiger partial charge is 0.259 e. The van der Waals surface area contributed by atoms with Crippen LogP contribution in [0.5, 0.6) is 0 Å². The molecule has 0 spiro atoms. The van der Waals surface area contributed by atoms with Gasteiger partial charge < -0.3 is 5.32 Å². The summed E-state index contributed by atoms with van der Waals surface area (Å²) in [5, 5.41) is 13.2. The highest BCUT2D eigenvalue weighted by atomic mass is 32.1. The van der Waals surface area contributed by atoms with E-state index in [0.29, 0.717) is 17.2 Å². The Kier molecular flexibility index (Phi) is 6.27. The fourth-order valence-electron chi connectivity index (χ4n) is 3.30. The van der Waals surface area contributed by atoms with Gasteiger partial charge in [0, 0.05) is 42.0 Å². The van der Waals surface area contributed by atoms with Crippen LogP contribution in [0.15, 0.2) is 48.1 Å². The normalized spacial score (nSPS) is 11.1. The first-order chi connectivity index (χ1) is 15.4. The molecule has 8 nitrogen and oxygen atoms in total. The Bertz CT molecular complexity index is 1260. The number of fused-ring (bicyclic) bond motifs is 1. The van der Waals surface area contributed by atoms with Crippen molar-refractivity contribution in [3.05, 3.63) is 59.2 Å². The molecule has 0 bridgehead atoms. The van der Waals surface area contributed by atoms with Gasteiger partial charge in [0.2, 0.25) is 5.91 Å². The first-order valence-corrected chi connectivity index (χ1v) is 11.2. The maximum atomic E-state index is 12.7. The van der Waals surface area contributed by atoms with Crippen LogP contribution in [-0.4, -0.2) is 38.1 Å². The fraction of sp³-hybridized carbons (Fsp3) is 0.261. The topological polar surface area (TPSA) is 102 Å². The van der Waals surface area contributed by atoms with Crippen molar-refractivity contribution >= 4 is 39.3 Å². The molecule has 0 atom stereocenters. The monoisotopic (exact) mass is 448 g/mol. The van der Waals surface area contributed by atoms with Crippen LogP contribution in [0.3, 0.4) is 0 Å². The predicted octanol–water partition coefficient (Wildman–Crippen LogP) is 4.07. The molecule has 9 heteroatoms. The Morgan fingerprint density at radius 1 is 1.16 bits per heavy atom. The van der Waals surface area contributed by atoms with E-state index in [1.165, 1.54) is 18.3 Å². The lowest BCUT2D eigenvalue weighted by Crippen LogP contribution is -2.22. The number of thiazole rings is 1. The van der Waals surface area contributed by atoms with Gasteiger partial charge in [-0.05, 0) is 31.9 Å². The summed E-state index contributed by atoms with van der Waals surface area (Å²) >= 11 is 1.37. The number of hydrogen-bond donors (Lipinski definition) is 2. The second kappa shape index (κ2) is 9.27. The summed E-state index contributed by atoms with van der Waals surface area (Å²) in [7, 11) is 0. The van der Waals surface area contributed by atoms with Crippen LogP contribution in [0.4, 0.5) is 5.13 Å². The third-order valence-electron chi connectivity index (χ3n) is 4.95. The van der Waals surface area contributed by atoms with Gasteiger partial charge in [0.25, 0.3) is 5.91 Å². The van der Waals surface area contributed by atoms with E-state index in [9.17, 15) is 9.59 Å². The second-order valence-corrected chi connectivity index (χ2v) is 8.60. The van der Waals surface area contributed by atoms with E-state index >= 15 is 0 Å². The molecule has 0 aliphatic carbocycles. The highest BCUT2D eigenvalue weighted by molar-refractivity contribution is 7.14. The lowest BCUT2D eigenvalue weighted by molar-refractivity contribution is -0.118. The lowest BCUT2D eigenvalue weighted by Gasteiger charge is -2.06. The Balaban J connectivity index is 1.42. The van der Waals surface area contributed by atoms with Gasteiger partial charge in [-0.2, -0.15) is 5.10 Å². The van der Waals surface area contributed by atoms with Gasteiger partial charge in [0.05, 0.1) is 17.5 Å². The Morgan fingerprint density at radius 2 is 1.94 bits per heavy atom. The van der Waals surface area contributed by atoms with Crippen LogP contribution in [0.25, 0.3) is 22.3 Å². The fourth-order valence-corrected chi connectivity index (χ4v) is 4.01. The molecule has 0 aliphatic rings. The summed E-state index contributed by atoms with van der Waals surface area (Å²) in [5.41, 5.74) is 4.12. The zero-order chi connectivity index (χ0) is 22.7. The van der Waals surface area contributed by atoms with E-state index in [1.807, 2.05) is 48.2 Å². The Labute approximate surface area is 189 Å². The average molecular weight is 449 g/mol. The van der Waals surface area contributed by atoms with Crippen molar-refractivity contribution in [2.24, 2.45) is 0 Å². The molecule has 4 rings (SSSR count). The van der Waals surface area contributed by atoms with Gasteiger partial charge >= 0.3 is 0 Å². The van der Waals surface area contributed by atoms with Crippen molar-refractivity contribution in [2.45, 2.75) is 33.2 Å². The molecule has 164 valence electrons. The van der Waals surface area contributed by atoms with E-state index < -0.39 is 0 Å². The van der Waals surface area contributed by atoms with Gasteiger partial charge in [0.15, 0.2) is 10.8 Å². The number of rotatable bonds is 7. The summed E-state index contributed by atoms with van der Waals surface area (Å²) in [6.07, 6.45) is 4.06. The molecule has 32 heavy (non-hydrogen) atoms. The molecule has 2 amide bonds. The molecule has 0 fully saturated rings. The number of amides is 2. The van der Waals surface area contributed by atoms with E-state index in [-0.39, 0.29) is 17.9 Å². The van der Waals surface area contributed by atoms with Gasteiger partial charge in [-0.1, -0.05) is 24.3 Å². The van der Waals surface area contributed by atoms with E-state index in [4.69, 9.17) is 0 Å². The van der Waals surface area contributed by atoms with Crippen LogP contribution in [-0.2, 0) is 11.2 Å². The van der Waals surface area contributed by atoms with Gasteiger partial charge in [-0.25, -0.2) is 14.6 Å². The lowest BCUT2D eigenvalue weighted by atomic mass is 10.1. The predicted molar refractivity (Wildman–Crippen MR) is 126 cm³/mol. The summed E-state index contributed by atoms with van der Waals surface area (Å²) in [4.78, 5) is 32.6.